The summed E-state index contributed by atoms with van der Waals surface area (Å²) in [5.74, 6) is 1.42. The molecule has 1 N–H and O–H groups in total. The van der Waals surface area contributed by atoms with Crippen molar-refractivity contribution in [2.24, 2.45) is 15.1 Å². The Morgan fingerprint density at radius 1 is 1.12 bits per heavy atom. The van der Waals surface area contributed by atoms with E-state index in [-0.39, 0.29) is 0 Å². The second kappa shape index (κ2) is 9.17. The van der Waals surface area contributed by atoms with E-state index in [4.69, 9.17) is 39.8 Å². The van der Waals surface area contributed by atoms with Crippen LogP contribution in [-0.4, -0.2) is 35.6 Å². The lowest BCUT2D eigenvalue weighted by molar-refractivity contribution is 0.976. The van der Waals surface area contributed by atoms with Crippen LogP contribution in [0.15, 0.2) is 63.6 Å². The van der Waals surface area contributed by atoms with Gasteiger partial charge in [0.2, 0.25) is 0 Å². The molecule has 0 unspecified atom stereocenters. The van der Waals surface area contributed by atoms with Crippen LogP contribution in [0.5, 0.6) is 0 Å². The lowest BCUT2D eigenvalue weighted by atomic mass is 10.0. The molecule has 0 aliphatic carbocycles. The van der Waals surface area contributed by atoms with Crippen molar-refractivity contribution in [3.63, 3.8) is 0 Å². The maximum absolute atomic E-state index is 6.21. The molecule has 26 heavy (non-hydrogen) atoms. The van der Waals surface area contributed by atoms with E-state index in [1.807, 2.05) is 48.5 Å². The van der Waals surface area contributed by atoms with Crippen LogP contribution < -0.4 is 5.43 Å². The van der Waals surface area contributed by atoms with Crippen LogP contribution in [0.4, 0.5) is 5.69 Å². The molecule has 0 amide bonds. The molecule has 0 spiro atoms. The second-order valence-corrected chi connectivity index (χ2v) is 6.69. The van der Waals surface area contributed by atoms with Crippen LogP contribution in [-0.2, 0) is 0 Å². The van der Waals surface area contributed by atoms with E-state index < -0.39 is 0 Å². The molecule has 0 fully saturated rings. The summed E-state index contributed by atoms with van der Waals surface area (Å²) in [5, 5.41) is 4.95. The topological polar surface area (TPSA) is 49.1 Å². The van der Waals surface area contributed by atoms with E-state index in [0.717, 1.165) is 28.2 Å². The second-order valence-electron chi connectivity index (χ2n) is 5.61. The fourth-order valence-corrected chi connectivity index (χ4v) is 3.11. The van der Waals surface area contributed by atoms with Gasteiger partial charge in [-0.3, -0.25) is 10.4 Å². The lowest BCUT2D eigenvalue weighted by Gasteiger charge is -2.08. The number of alkyl halides is 2. The number of amidine groups is 1. The van der Waals surface area contributed by atoms with E-state index in [1.54, 1.807) is 0 Å². The Bertz CT molecular complexity index is 860. The first-order valence-electron chi connectivity index (χ1n) is 8.12. The van der Waals surface area contributed by atoms with Crippen LogP contribution in [0.2, 0.25) is 5.02 Å². The van der Waals surface area contributed by atoms with Gasteiger partial charge in [0, 0.05) is 28.5 Å². The number of hydrogen-bond acceptors (Lipinski definition) is 4. The quantitative estimate of drug-likeness (QED) is 0.421. The van der Waals surface area contributed by atoms with E-state index in [9.17, 15) is 0 Å². The summed E-state index contributed by atoms with van der Waals surface area (Å²) >= 11 is 17.9. The Morgan fingerprint density at radius 2 is 1.92 bits per heavy atom. The third-order valence-corrected chi connectivity index (χ3v) is 4.52. The number of fused-ring (bicyclic) bond motifs is 1. The summed E-state index contributed by atoms with van der Waals surface area (Å²) in [6.07, 6.45) is 0.621. The van der Waals surface area contributed by atoms with Gasteiger partial charge in [-0.2, -0.15) is 5.10 Å². The monoisotopic (exact) mass is 406 g/mol. The number of rotatable bonds is 5. The molecule has 2 aromatic carbocycles. The average molecular weight is 408 g/mol. The van der Waals surface area contributed by atoms with Crippen LogP contribution in [0.3, 0.4) is 0 Å². The summed E-state index contributed by atoms with van der Waals surface area (Å²) < 4.78 is 0. The maximum atomic E-state index is 6.21. The molecule has 7 heteroatoms. The van der Waals surface area contributed by atoms with Gasteiger partial charge in [0.05, 0.1) is 29.5 Å². The van der Waals surface area contributed by atoms with Crippen LogP contribution in [0.25, 0.3) is 0 Å². The summed E-state index contributed by atoms with van der Waals surface area (Å²) in [5.41, 5.74) is 7.30. The van der Waals surface area contributed by atoms with Crippen molar-refractivity contribution in [3.8, 4) is 0 Å². The predicted molar refractivity (Wildman–Crippen MR) is 112 cm³/mol. The summed E-state index contributed by atoms with van der Waals surface area (Å²) in [4.78, 5) is 9.42. The van der Waals surface area contributed by atoms with E-state index >= 15 is 0 Å². The molecule has 3 rings (SSSR count). The van der Waals surface area contributed by atoms with Gasteiger partial charge in [-0.25, -0.2) is 4.99 Å². The number of hydrogen-bond donors (Lipinski definition) is 1. The normalized spacial score (nSPS) is 14.2. The number of nitrogens with one attached hydrogen (secondary N) is 1. The third kappa shape index (κ3) is 4.64. The smallest absolute Gasteiger partial charge is 0.144 e. The van der Waals surface area contributed by atoms with Gasteiger partial charge in [0.15, 0.2) is 0 Å². The van der Waals surface area contributed by atoms with Crippen molar-refractivity contribution in [2.75, 3.05) is 18.3 Å². The van der Waals surface area contributed by atoms with Crippen molar-refractivity contribution in [1.29, 1.82) is 0 Å². The highest BCUT2D eigenvalue weighted by Crippen LogP contribution is 2.28. The zero-order valence-electron chi connectivity index (χ0n) is 13.9. The summed E-state index contributed by atoms with van der Waals surface area (Å²) in [6, 6.07) is 15.6. The number of benzene rings is 2. The predicted octanol–water partition coefficient (Wildman–Crippen LogP) is 5.03. The molecule has 1 aliphatic heterocycles. The molecule has 1 heterocycles. The van der Waals surface area contributed by atoms with Gasteiger partial charge in [0.1, 0.15) is 5.84 Å². The first kappa shape index (κ1) is 18.9. The largest absolute Gasteiger partial charge is 0.276 e. The molecule has 4 nitrogen and oxygen atoms in total. The molecule has 0 bridgehead atoms. The molecule has 2 aromatic rings. The molecule has 0 saturated heterocycles. The summed E-state index contributed by atoms with van der Waals surface area (Å²) in [7, 11) is 0. The minimum atomic E-state index is 0.317. The van der Waals surface area contributed by atoms with Crippen molar-refractivity contribution in [2.45, 2.75) is 6.42 Å². The maximum Gasteiger partial charge on any atom is 0.144 e. The highest BCUT2D eigenvalue weighted by molar-refractivity contribution is 6.31. The number of hydrazone groups is 1. The molecular weight excluding hydrogens is 391 g/mol. The molecule has 134 valence electrons. The Hall–Kier alpha value is -1.88. The lowest BCUT2D eigenvalue weighted by Crippen LogP contribution is -2.23. The van der Waals surface area contributed by atoms with Crippen molar-refractivity contribution < 1.29 is 0 Å². The third-order valence-electron chi connectivity index (χ3n) is 3.78. The van der Waals surface area contributed by atoms with Gasteiger partial charge < -0.3 is 0 Å². The molecule has 0 aromatic heterocycles. The Balaban J connectivity index is 1.97. The SMILES string of the molecule is ClCCC(CCl)=NNC1=Nc2ccc(Cl)cc2C(c2ccccc2)=NC1. The molecular formula is C19H17Cl3N4. The van der Waals surface area contributed by atoms with Gasteiger partial charge in [0.25, 0.3) is 0 Å². The van der Waals surface area contributed by atoms with Crippen LogP contribution in [0.1, 0.15) is 17.5 Å². The Labute approximate surface area is 167 Å². The van der Waals surface area contributed by atoms with Crippen LogP contribution >= 0.6 is 34.8 Å². The minimum Gasteiger partial charge on any atom is -0.276 e. The van der Waals surface area contributed by atoms with Gasteiger partial charge in [-0.15, -0.1) is 23.2 Å². The fraction of sp³-hybridized carbons (Fsp3) is 0.211. The molecule has 0 atom stereocenters. The van der Waals surface area contributed by atoms with Gasteiger partial charge in [-0.05, 0) is 18.2 Å². The number of nitrogens with zero attached hydrogens (tertiary/aromatic N) is 3. The average Bonchev–Trinajstić information content (AvgIpc) is 2.85. The molecule has 0 radical (unpaired) electrons. The Morgan fingerprint density at radius 3 is 2.65 bits per heavy atom. The van der Waals surface area contributed by atoms with Crippen molar-refractivity contribution in [3.05, 3.63) is 64.7 Å². The van der Waals surface area contributed by atoms with Gasteiger partial charge >= 0.3 is 0 Å². The first-order chi connectivity index (χ1) is 12.7. The van der Waals surface area contributed by atoms with Crippen molar-refractivity contribution >= 4 is 57.7 Å². The van der Waals surface area contributed by atoms with Crippen LogP contribution in [0, 0.1) is 0 Å². The van der Waals surface area contributed by atoms with E-state index in [0.29, 0.717) is 35.6 Å². The zero-order valence-corrected chi connectivity index (χ0v) is 16.2. The zero-order chi connectivity index (χ0) is 18.4. The highest BCUT2D eigenvalue weighted by Gasteiger charge is 2.16. The Kier molecular flexibility index (Phi) is 6.67. The fourth-order valence-electron chi connectivity index (χ4n) is 2.52. The number of halogens is 3. The first-order valence-corrected chi connectivity index (χ1v) is 9.56. The van der Waals surface area contributed by atoms with Gasteiger partial charge in [-0.1, -0.05) is 41.9 Å². The van der Waals surface area contributed by atoms with Crippen molar-refractivity contribution in [1.82, 2.24) is 5.43 Å². The molecule has 1 aliphatic rings. The standard InChI is InChI=1S/C19H17Cl3N4/c20-9-8-15(11-21)25-26-18-12-23-19(13-4-2-1-3-5-13)16-10-14(22)6-7-17(16)24-18/h1-7,10H,8-9,11-12H2,(H,24,26). The van der Waals surface area contributed by atoms with E-state index in [1.165, 1.54) is 0 Å². The van der Waals surface area contributed by atoms with E-state index in [2.05, 4.69) is 15.5 Å². The number of aliphatic imine (C=N–C) groups is 2. The molecule has 0 saturated carbocycles. The highest BCUT2D eigenvalue weighted by atomic mass is 35.5. The minimum absolute atomic E-state index is 0.317. The summed E-state index contributed by atoms with van der Waals surface area (Å²) in [6.45, 7) is 0.371.